The Morgan fingerprint density at radius 2 is 2.00 bits per heavy atom. The molecule has 0 amide bonds. The van der Waals surface area contributed by atoms with Crippen molar-refractivity contribution >= 4 is 21.6 Å². The molecule has 0 fully saturated rings. The van der Waals surface area contributed by atoms with E-state index in [2.05, 4.69) is 38.7 Å². The normalized spacial score (nSPS) is 14.7. The van der Waals surface area contributed by atoms with Crippen LogP contribution in [0.2, 0.25) is 0 Å². The quantitative estimate of drug-likeness (QED) is 0.732. The van der Waals surface area contributed by atoms with Gasteiger partial charge in [-0.1, -0.05) is 40.5 Å². The summed E-state index contributed by atoms with van der Waals surface area (Å²) in [4.78, 5) is 9.34. The van der Waals surface area contributed by atoms with Crippen LogP contribution in [0.15, 0.2) is 12.3 Å². The van der Waals surface area contributed by atoms with Crippen molar-refractivity contribution < 1.29 is 0 Å². The van der Waals surface area contributed by atoms with Crippen molar-refractivity contribution in [3.8, 4) is 0 Å². The average molecular weight is 276 g/mol. The van der Waals surface area contributed by atoms with Gasteiger partial charge in [0.25, 0.3) is 0 Å². The third-order valence-electron chi connectivity index (χ3n) is 3.94. The van der Waals surface area contributed by atoms with E-state index in [0.717, 1.165) is 24.8 Å². The Balaban J connectivity index is 2.40. The lowest BCUT2D eigenvalue weighted by molar-refractivity contribution is 0.412. The highest BCUT2D eigenvalue weighted by atomic mass is 32.1. The topological polar surface area (TPSA) is 25.8 Å². The fourth-order valence-electron chi connectivity index (χ4n) is 2.51. The molecule has 3 heteroatoms. The molecule has 0 aliphatic carbocycles. The summed E-state index contributed by atoms with van der Waals surface area (Å²) in [6.45, 7) is 9.05. The van der Waals surface area contributed by atoms with E-state index in [1.165, 1.54) is 28.2 Å². The molecule has 104 valence electrons. The van der Waals surface area contributed by atoms with Crippen molar-refractivity contribution in [3.05, 3.63) is 23.0 Å². The summed E-state index contributed by atoms with van der Waals surface area (Å²) in [5.74, 6) is 0. The molecule has 0 spiro atoms. The predicted molar refractivity (Wildman–Crippen MR) is 84.0 cm³/mol. The van der Waals surface area contributed by atoms with Crippen molar-refractivity contribution in [2.75, 3.05) is 0 Å². The van der Waals surface area contributed by atoms with Gasteiger partial charge in [-0.3, -0.25) is 4.98 Å². The Morgan fingerprint density at radius 1 is 1.21 bits per heavy atom. The summed E-state index contributed by atoms with van der Waals surface area (Å²) < 4.78 is 1.30. The van der Waals surface area contributed by atoms with E-state index in [1.54, 1.807) is 0 Å². The van der Waals surface area contributed by atoms with E-state index in [-0.39, 0.29) is 5.41 Å². The summed E-state index contributed by atoms with van der Waals surface area (Å²) in [5.41, 5.74) is 2.48. The average Bonchev–Trinajstić information content (AvgIpc) is 2.83. The van der Waals surface area contributed by atoms with Gasteiger partial charge in [0.2, 0.25) is 0 Å². The molecule has 0 aromatic carbocycles. The van der Waals surface area contributed by atoms with Gasteiger partial charge in [0.15, 0.2) is 0 Å². The Labute approximate surface area is 120 Å². The first-order valence-corrected chi connectivity index (χ1v) is 8.20. The second kappa shape index (κ2) is 6.00. The van der Waals surface area contributed by atoms with Crippen LogP contribution in [0.3, 0.4) is 0 Å². The molecule has 0 N–H and O–H groups in total. The molecule has 2 heterocycles. The molecule has 1 atom stereocenters. The number of rotatable bonds is 6. The predicted octanol–water partition coefficient (Wildman–Crippen LogP) is 5.11. The van der Waals surface area contributed by atoms with Gasteiger partial charge in [-0.25, -0.2) is 4.98 Å². The van der Waals surface area contributed by atoms with Crippen LogP contribution in [0.5, 0.6) is 0 Å². The standard InChI is InChI=1S/C16H24N2S/c1-5-8-12-10-14-13(11-17-12)18-15(19-14)16(4,7-3)9-6-2/h10-11H,5-9H2,1-4H3. The van der Waals surface area contributed by atoms with Crippen molar-refractivity contribution in [1.29, 1.82) is 0 Å². The van der Waals surface area contributed by atoms with Crippen LogP contribution >= 0.6 is 11.3 Å². The number of nitrogens with zero attached hydrogens (tertiary/aromatic N) is 2. The highest BCUT2D eigenvalue weighted by Gasteiger charge is 2.27. The lowest BCUT2D eigenvalue weighted by Gasteiger charge is -2.24. The van der Waals surface area contributed by atoms with Gasteiger partial charge >= 0.3 is 0 Å². The number of aromatic nitrogens is 2. The highest BCUT2D eigenvalue weighted by Crippen LogP contribution is 2.37. The molecule has 2 aromatic rings. The van der Waals surface area contributed by atoms with Crippen LogP contribution in [0.4, 0.5) is 0 Å². The zero-order chi connectivity index (χ0) is 13.9. The van der Waals surface area contributed by atoms with Crippen LogP contribution < -0.4 is 0 Å². The summed E-state index contributed by atoms with van der Waals surface area (Å²) in [6, 6.07) is 2.22. The zero-order valence-electron chi connectivity index (χ0n) is 12.5. The van der Waals surface area contributed by atoms with E-state index in [9.17, 15) is 0 Å². The molecule has 1 unspecified atom stereocenters. The molecule has 0 saturated heterocycles. The van der Waals surface area contributed by atoms with Crippen molar-refractivity contribution in [2.45, 2.75) is 65.2 Å². The molecule has 0 aliphatic heterocycles. The van der Waals surface area contributed by atoms with Gasteiger partial charge in [-0.05, 0) is 25.3 Å². The molecule has 0 bridgehead atoms. The van der Waals surface area contributed by atoms with E-state index in [4.69, 9.17) is 4.98 Å². The van der Waals surface area contributed by atoms with Gasteiger partial charge in [0, 0.05) is 11.1 Å². The van der Waals surface area contributed by atoms with Crippen molar-refractivity contribution in [2.24, 2.45) is 0 Å². The first kappa shape index (κ1) is 14.4. The number of fused-ring (bicyclic) bond motifs is 1. The minimum atomic E-state index is 0.226. The molecule has 0 saturated carbocycles. The monoisotopic (exact) mass is 276 g/mol. The van der Waals surface area contributed by atoms with Gasteiger partial charge in [-0.2, -0.15) is 0 Å². The van der Waals surface area contributed by atoms with E-state index in [0.29, 0.717) is 0 Å². The van der Waals surface area contributed by atoms with Crippen LogP contribution in [-0.2, 0) is 11.8 Å². The molecule has 0 aliphatic rings. The largest absolute Gasteiger partial charge is 0.259 e. The fourth-order valence-corrected chi connectivity index (χ4v) is 3.75. The van der Waals surface area contributed by atoms with Crippen LogP contribution in [0, 0.1) is 0 Å². The number of hydrogen-bond acceptors (Lipinski definition) is 3. The minimum Gasteiger partial charge on any atom is -0.259 e. The first-order valence-electron chi connectivity index (χ1n) is 7.39. The Kier molecular flexibility index (Phi) is 4.56. The van der Waals surface area contributed by atoms with Crippen LogP contribution in [0.25, 0.3) is 10.2 Å². The molecular formula is C16H24N2S. The molecular weight excluding hydrogens is 252 g/mol. The summed E-state index contributed by atoms with van der Waals surface area (Å²) in [7, 11) is 0. The molecule has 2 aromatic heterocycles. The van der Waals surface area contributed by atoms with E-state index in [1.807, 2.05) is 17.5 Å². The number of pyridine rings is 1. The summed E-state index contributed by atoms with van der Waals surface area (Å²) in [5, 5.41) is 1.28. The number of hydrogen-bond donors (Lipinski definition) is 0. The van der Waals surface area contributed by atoms with E-state index >= 15 is 0 Å². The third-order valence-corrected chi connectivity index (χ3v) is 5.26. The maximum absolute atomic E-state index is 4.83. The van der Waals surface area contributed by atoms with Gasteiger partial charge in [0.1, 0.15) is 0 Å². The lowest BCUT2D eigenvalue weighted by atomic mass is 9.84. The van der Waals surface area contributed by atoms with E-state index < -0.39 is 0 Å². The SMILES string of the molecule is CCCc1cc2sc(C(C)(CC)CCC)nc2cn1. The first-order chi connectivity index (χ1) is 9.12. The Bertz CT molecular complexity index is 547. The molecule has 2 nitrogen and oxygen atoms in total. The van der Waals surface area contributed by atoms with Crippen molar-refractivity contribution in [3.63, 3.8) is 0 Å². The van der Waals surface area contributed by atoms with Crippen molar-refractivity contribution in [1.82, 2.24) is 9.97 Å². The number of thiazole rings is 1. The second-order valence-electron chi connectivity index (χ2n) is 5.58. The lowest BCUT2D eigenvalue weighted by Crippen LogP contribution is -2.20. The van der Waals surface area contributed by atoms with Gasteiger partial charge < -0.3 is 0 Å². The second-order valence-corrected chi connectivity index (χ2v) is 6.61. The van der Waals surface area contributed by atoms with Crippen LogP contribution in [0.1, 0.15) is 64.1 Å². The van der Waals surface area contributed by atoms with Gasteiger partial charge in [-0.15, -0.1) is 11.3 Å². The zero-order valence-corrected chi connectivity index (χ0v) is 13.3. The van der Waals surface area contributed by atoms with Crippen LogP contribution in [-0.4, -0.2) is 9.97 Å². The molecule has 19 heavy (non-hydrogen) atoms. The summed E-state index contributed by atoms with van der Waals surface area (Å²) in [6.07, 6.45) is 7.71. The Hall–Kier alpha value is -0.960. The maximum Gasteiger partial charge on any atom is 0.0999 e. The van der Waals surface area contributed by atoms with Gasteiger partial charge in [0.05, 0.1) is 21.4 Å². The fraction of sp³-hybridized carbons (Fsp3) is 0.625. The summed E-state index contributed by atoms with van der Waals surface area (Å²) >= 11 is 1.86. The maximum atomic E-state index is 4.83. The highest BCUT2D eigenvalue weighted by molar-refractivity contribution is 7.18. The smallest absolute Gasteiger partial charge is 0.0999 e. The minimum absolute atomic E-state index is 0.226. The number of aryl methyl sites for hydroxylation is 1. The molecule has 2 rings (SSSR count). The third kappa shape index (κ3) is 2.97. The Morgan fingerprint density at radius 3 is 2.63 bits per heavy atom. The molecule has 0 radical (unpaired) electrons.